The molecular weight excluding hydrogens is 212 g/mol. The lowest BCUT2D eigenvalue weighted by Gasteiger charge is -2.24. The number of aryl methyl sites for hydroxylation is 2. The van der Waals surface area contributed by atoms with Crippen LogP contribution in [-0.2, 0) is 11.8 Å². The van der Waals surface area contributed by atoms with E-state index in [1.54, 1.807) is 0 Å². The van der Waals surface area contributed by atoms with Gasteiger partial charge in [-0.15, -0.1) is 11.3 Å². The van der Waals surface area contributed by atoms with Gasteiger partial charge in [0, 0.05) is 15.2 Å². The van der Waals surface area contributed by atoms with Crippen LogP contribution in [-0.4, -0.2) is 0 Å². The van der Waals surface area contributed by atoms with Gasteiger partial charge in [-0.05, 0) is 43.0 Å². The fourth-order valence-corrected chi connectivity index (χ4v) is 3.84. The summed E-state index contributed by atoms with van der Waals surface area (Å²) in [7, 11) is 0. The Morgan fingerprint density at radius 1 is 1.12 bits per heavy atom. The molecule has 1 aromatic carbocycles. The van der Waals surface area contributed by atoms with E-state index >= 15 is 0 Å². The van der Waals surface area contributed by atoms with Crippen LogP contribution in [0, 0.1) is 6.92 Å². The highest BCUT2D eigenvalue weighted by Crippen LogP contribution is 2.45. The van der Waals surface area contributed by atoms with Crippen LogP contribution in [0.2, 0.25) is 0 Å². The van der Waals surface area contributed by atoms with Gasteiger partial charge in [-0.25, -0.2) is 0 Å². The minimum atomic E-state index is 0.259. The second kappa shape index (κ2) is 3.46. The molecule has 2 aromatic rings. The van der Waals surface area contributed by atoms with E-state index in [2.05, 4.69) is 50.2 Å². The number of thiophene rings is 1. The molecular formula is C15H16S. The highest BCUT2D eigenvalue weighted by molar-refractivity contribution is 7.12. The summed E-state index contributed by atoms with van der Waals surface area (Å²) < 4.78 is 0. The van der Waals surface area contributed by atoms with E-state index in [0.717, 1.165) is 0 Å². The van der Waals surface area contributed by atoms with Crippen molar-refractivity contribution in [3.8, 4) is 0 Å². The monoisotopic (exact) mass is 228 g/mol. The first-order valence-corrected chi connectivity index (χ1v) is 6.67. The van der Waals surface area contributed by atoms with Crippen molar-refractivity contribution in [2.45, 2.75) is 32.1 Å². The summed E-state index contributed by atoms with van der Waals surface area (Å²) in [5.41, 5.74) is 3.34. The van der Waals surface area contributed by atoms with Crippen LogP contribution in [0.1, 0.15) is 34.2 Å². The molecule has 0 saturated carbocycles. The van der Waals surface area contributed by atoms with Crippen LogP contribution in [0.25, 0.3) is 0 Å². The van der Waals surface area contributed by atoms with Gasteiger partial charge in [-0.1, -0.05) is 31.2 Å². The predicted molar refractivity (Wildman–Crippen MR) is 70.3 cm³/mol. The smallest absolute Gasteiger partial charge is 0.0274 e. The molecule has 1 heterocycles. The first kappa shape index (κ1) is 10.1. The first-order chi connectivity index (χ1) is 7.70. The third-order valence-electron chi connectivity index (χ3n) is 3.79. The van der Waals surface area contributed by atoms with Gasteiger partial charge in [0.25, 0.3) is 0 Å². The van der Waals surface area contributed by atoms with Crippen molar-refractivity contribution in [2.24, 2.45) is 0 Å². The molecule has 0 bridgehead atoms. The normalized spacial score (nSPS) is 23.4. The fraction of sp³-hybridized carbons (Fsp3) is 0.333. The lowest BCUT2D eigenvalue weighted by Crippen LogP contribution is -2.17. The molecule has 1 aromatic heterocycles. The zero-order valence-corrected chi connectivity index (χ0v) is 10.6. The largest absolute Gasteiger partial charge is 0.145 e. The Hall–Kier alpha value is -1.08. The number of rotatable bonds is 1. The van der Waals surface area contributed by atoms with Gasteiger partial charge in [-0.3, -0.25) is 0 Å². The van der Waals surface area contributed by atoms with Crippen molar-refractivity contribution in [1.29, 1.82) is 0 Å². The average Bonchev–Trinajstić information content (AvgIpc) is 2.86. The minimum Gasteiger partial charge on any atom is -0.145 e. The van der Waals surface area contributed by atoms with Gasteiger partial charge in [0.05, 0.1) is 0 Å². The third kappa shape index (κ3) is 1.35. The van der Waals surface area contributed by atoms with Gasteiger partial charge in [-0.2, -0.15) is 0 Å². The van der Waals surface area contributed by atoms with Crippen molar-refractivity contribution < 1.29 is 0 Å². The summed E-state index contributed by atoms with van der Waals surface area (Å²) >= 11 is 1.95. The summed E-state index contributed by atoms with van der Waals surface area (Å²) in [5.74, 6) is 0. The van der Waals surface area contributed by atoms with E-state index in [1.165, 1.54) is 33.7 Å². The molecule has 0 fully saturated rings. The second-order valence-corrected chi connectivity index (χ2v) is 6.19. The first-order valence-electron chi connectivity index (χ1n) is 5.85. The zero-order valence-electron chi connectivity index (χ0n) is 9.79. The van der Waals surface area contributed by atoms with Crippen LogP contribution in [0.3, 0.4) is 0 Å². The van der Waals surface area contributed by atoms with Crippen LogP contribution in [0.15, 0.2) is 36.4 Å². The van der Waals surface area contributed by atoms with E-state index in [1.807, 2.05) is 11.3 Å². The molecule has 0 unspecified atom stereocenters. The van der Waals surface area contributed by atoms with Crippen molar-refractivity contribution in [2.75, 3.05) is 0 Å². The van der Waals surface area contributed by atoms with Gasteiger partial charge >= 0.3 is 0 Å². The topological polar surface area (TPSA) is 0 Å². The summed E-state index contributed by atoms with van der Waals surface area (Å²) in [5, 5.41) is 0. The van der Waals surface area contributed by atoms with Gasteiger partial charge in [0.1, 0.15) is 0 Å². The van der Waals surface area contributed by atoms with E-state index in [4.69, 9.17) is 0 Å². The maximum atomic E-state index is 2.39. The number of benzene rings is 1. The molecule has 16 heavy (non-hydrogen) atoms. The summed E-state index contributed by atoms with van der Waals surface area (Å²) in [4.78, 5) is 2.94. The standard InChI is InChI=1S/C15H16S/c1-11-7-8-14(16-11)15(2)10-9-12-5-3-4-6-13(12)15/h3-8H,9-10H2,1-2H3/t15-/m1/s1. The number of hydrogen-bond acceptors (Lipinski definition) is 1. The van der Waals surface area contributed by atoms with E-state index in [-0.39, 0.29) is 5.41 Å². The average molecular weight is 228 g/mol. The van der Waals surface area contributed by atoms with Gasteiger partial charge < -0.3 is 0 Å². The molecule has 1 heteroatoms. The number of fused-ring (bicyclic) bond motifs is 1. The van der Waals surface area contributed by atoms with Crippen molar-refractivity contribution in [3.05, 3.63) is 57.3 Å². The quantitative estimate of drug-likeness (QED) is 0.682. The fourth-order valence-electron chi connectivity index (χ4n) is 2.78. The van der Waals surface area contributed by atoms with Crippen molar-refractivity contribution >= 4 is 11.3 Å². The van der Waals surface area contributed by atoms with Crippen molar-refractivity contribution in [3.63, 3.8) is 0 Å². The zero-order chi connectivity index (χ0) is 11.2. The maximum Gasteiger partial charge on any atom is 0.0274 e. The molecule has 0 spiro atoms. The molecule has 1 aliphatic carbocycles. The summed E-state index contributed by atoms with van der Waals surface area (Å²) in [6.45, 7) is 4.59. The Morgan fingerprint density at radius 2 is 1.94 bits per heavy atom. The molecule has 0 nitrogen and oxygen atoms in total. The van der Waals surface area contributed by atoms with E-state index in [0.29, 0.717) is 0 Å². The molecule has 1 atom stereocenters. The van der Waals surface area contributed by atoms with Gasteiger partial charge in [0.15, 0.2) is 0 Å². The lowest BCUT2D eigenvalue weighted by molar-refractivity contribution is 0.578. The third-order valence-corrected chi connectivity index (χ3v) is 5.05. The Labute approximate surface area is 101 Å². The summed E-state index contributed by atoms with van der Waals surface area (Å²) in [6, 6.07) is 13.5. The molecule has 0 N–H and O–H groups in total. The van der Waals surface area contributed by atoms with E-state index < -0.39 is 0 Å². The molecule has 1 aliphatic rings. The Balaban J connectivity index is 2.14. The highest BCUT2D eigenvalue weighted by Gasteiger charge is 2.36. The number of hydrogen-bond donors (Lipinski definition) is 0. The van der Waals surface area contributed by atoms with Gasteiger partial charge in [0.2, 0.25) is 0 Å². The molecule has 0 amide bonds. The molecule has 0 saturated heterocycles. The molecule has 3 rings (SSSR count). The van der Waals surface area contributed by atoms with Crippen LogP contribution in [0.4, 0.5) is 0 Å². The molecule has 82 valence electrons. The Bertz CT molecular complexity index is 524. The molecule has 0 radical (unpaired) electrons. The summed E-state index contributed by atoms with van der Waals surface area (Å²) in [6.07, 6.45) is 2.48. The highest BCUT2D eigenvalue weighted by atomic mass is 32.1. The molecule has 0 aliphatic heterocycles. The predicted octanol–water partition coefficient (Wildman–Crippen LogP) is 4.31. The van der Waals surface area contributed by atoms with Crippen molar-refractivity contribution in [1.82, 2.24) is 0 Å². The second-order valence-electron chi connectivity index (χ2n) is 4.90. The minimum absolute atomic E-state index is 0.259. The maximum absolute atomic E-state index is 2.39. The Kier molecular flexibility index (Phi) is 2.18. The van der Waals surface area contributed by atoms with Crippen LogP contribution >= 0.6 is 11.3 Å². The van der Waals surface area contributed by atoms with E-state index in [9.17, 15) is 0 Å². The van der Waals surface area contributed by atoms with Crippen LogP contribution in [0.5, 0.6) is 0 Å². The lowest BCUT2D eigenvalue weighted by atomic mass is 9.83. The SMILES string of the molecule is Cc1ccc([C@]2(C)CCc3ccccc32)s1. The van der Waals surface area contributed by atoms with Crippen LogP contribution < -0.4 is 0 Å². The Morgan fingerprint density at radius 3 is 2.69 bits per heavy atom.